The second kappa shape index (κ2) is 6.12. The number of carbonyl (C=O) groups excluding carboxylic acids is 1. The zero-order valence-electron chi connectivity index (χ0n) is 11.2. The number of nitrogens with zero attached hydrogens (tertiary/aromatic N) is 4. The molecule has 19 heavy (non-hydrogen) atoms. The van der Waals surface area contributed by atoms with Crippen LogP contribution in [-0.2, 0) is 4.79 Å². The molecule has 1 rings (SSSR count). The molecule has 0 aromatic carbocycles. The highest BCUT2D eigenvalue weighted by Gasteiger charge is 2.40. The Kier molecular flexibility index (Phi) is 4.79. The van der Waals surface area contributed by atoms with Crippen molar-refractivity contribution in [2.75, 3.05) is 0 Å². The summed E-state index contributed by atoms with van der Waals surface area (Å²) in [5, 5.41) is 27.9. The normalized spacial score (nSPS) is 14.2. The van der Waals surface area contributed by atoms with Crippen LogP contribution >= 0.6 is 0 Å². The minimum absolute atomic E-state index is 0.102. The Morgan fingerprint density at radius 1 is 1.58 bits per heavy atom. The van der Waals surface area contributed by atoms with Crippen LogP contribution in [0.3, 0.4) is 0 Å². The fourth-order valence-electron chi connectivity index (χ4n) is 1.90. The van der Waals surface area contributed by atoms with Gasteiger partial charge in [-0.3, -0.25) is 4.79 Å². The van der Waals surface area contributed by atoms with E-state index in [2.05, 4.69) is 31.1 Å². The lowest BCUT2D eigenvalue weighted by Crippen LogP contribution is -2.49. The number of amidine groups is 1. The second-order valence-electron chi connectivity index (χ2n) is 4.24. The number of rotatable bonds is 6. The summed E-state index contributed by atoms with van der Waals surface area (Å²) in [7, 11) is 0. The summed E-state index contributed by atoms with van der Waals surface area (Å²) < 4.78 is 0. The van der Waals surface area contributed by atoms with Gasteiger partial charge in [0.05, 0.1) is 6.04 Å². The molecule has 9 nitrogen and oxygen atoms in total. The molecule has 0 aliphatic rings. The Hall–Kier alpha value is -2.19. The van der Waals surface area contributed by atoms with E-state index in [9.17, 15) is 4.79 Å². The molecule has 0 radical (unpaired) electrons. The third-order valence-corrected chi connectivity index (χ3v) is 3.34. The number of nitrogens with two attached hydrogens (primary N) is 1. The first-order valence-electron chi connectivity index (χ1n) is 6.04. The van der Waals surface area contributed by atoms with Crippen molar-refractivity contribution in [1.29, 1.82) is 0 Å². The van der Waals surface area contributed by atoms with Crippen molar-refractivity contribution in [2.45, 2.75) is 39.7 Å². The van der Waals surface area contributed by atoms with E-state index in [4.69, 9.17) is 10.9 Å². The van der Waals surface area contributed by atoms with Crippen molar-refractivity contribution >= 4 is 11.7 Å². The van der Waals surface area contributed by atoms with Crippen LogP contribution in [0.15, 0.2) is 5.16 Å². The third kappa shape index (κ3) is 2.80. The standard InChI is InChI=1S/C10H19N7O2/c1-4-10(5-2,8(11)15-19)9(18)12-6(3)7-13-16-17-14-7/h6,19H,4-5H2,1-3H3,(H2,11,15)(H,12,18)(H,13,14,16,17). The second-order valence-corrected chi connectivity index (χ2v) is 4.24. The number of nitrogens with one attached hydrogen (secondary N) is 2. The summed E-state index contributed by atoms with van der Waals surface area (Å²) in [5.74, 6) is -0.0608. The number of oxime groups is 1. The van der Waals surface area contributed by atoms with Crippen molar-refractivity contribution in [3.05, 3.63) is 5.82 Å². The number of H-pyrrole nitrogens is 1. The highest BCUT2D eigenvalue weighted by Crippen LogP contribution is 2.28. The number of aromatic amines is 1. The Balaban J connectivity index is 2.90. The molecule has 0 bridgehead atoms. The van der Waals surface area contributed by atoms with E-state index in [1.165, 1.54) is 0 Å². The van der Waals surface area contributed by atoms with Gasteiger partial charge in [-0.05, 0) is 19.8 Å². The largest absolute Gasteiger partial charge is 0.409 e. The van der Waals surface area contributed by atoms with Gasteiger partial charge in [0.25, 0.3) is 0 Å². The number of hydrogen-bond donors (Lipinski definition) is 4. The molecule has 0 saturated heterocycles. The molecule has 0 spiro atoms. The van der Waals surface area contributed by atoms with Crippen LogP contribution in [0.4, 0.5) is 0 Å². The van der Waals surface area contributed by atoms with Crippen LogP contribution in [-0.4, -0.2) is 37.6 Å². The SMILES string of the molecule is CCC(CC)(C(=O)NC(C)c1nn[nH]n1)C(N)=NO. The van der Waals surface area contributed by atoms with Crippen LogP contribution in [0.2, 0.25) is 0 Å². The topological polar surface area (TPSA) is 142 Å². The molecule has 1 heterocycles. The zero-order chi connectivity index (χ0) is 14.5. The molecule has 0 aliphatic heterocycles. The highest BCUT2D eigenvalue weighted by atomic mass is 16.4. The minimum atomic E-state index is -1.03. The van der Waals surface area contributed by atoms with Gasteiger partial charge in [-0.2, -0.15) is 5.21 Å². The van der Waals surface area contributed by atoms with Gasteiger partial charge in [0.2, 0.25) is 5.91 Å². The summed E-state index contributed by atoms with van der Waals surface area (Å²) in [4.78, 5) is 12.4. The van der Waals surface area contributed by atoms with Crippen molar-refractivity contribution < 1.29 is 10.0 Å². The fraction of sp³-hybridized carbons (Fsp3) is 0.700. The maximum atomic E-state index is 12.4. The van der Waals surface area contributed by atoms with Crippen LogP contribution in [0, 0.1) is 5.41 Å². The summed E-state index contributed by atoms with van der Waals surface area (Å²) in [5.41, 5.74) is 4.62. The lowest BCUT2D eigenvalue weighted by Gasteiger charge is -2.29. The van der Waals surface area contributed by atoms with E-state index in [1.54, 1.807) is 20.8 Å². The van der Waals surface area contributed by atoms with Crippen molar-refractivity contribution in [1.82, 2.24) is 25.9 Å². The van der Waals surface area contributed by atoms with Gasteiger partial charge in [0, 0.05) is 0 Å². The van der Waals surface area contributed by atoms with Crippen LogP contribution in [0.5, 0.6) is 0 Å². The summed E-state index contributed by atoms with van der Waals surface area (Å²) in [6.07, 6.45) is 0.842. The van der Waals surface area contributed by atoms with Crippen molar-refractivity contribution in [3.8, 4) is 0 Å². The Labute approximate surface area is 110 Å². The number of carbonyl (C=O) groups is 1. The van der Waals surface area contributed by atoms with Crippen LogP contribution < -0.4 is 11.1 Å². The molecule has 106 valence electrons. The first-order chi connectivity index (χ1) is 9.01. The number of hydrogen-bond acceptors (Lipinski definition) is 6. The van der Waals surface area contributed by atoms with Crippen molar-refractivity contribution in [2.24, 2.45) is 16.3 Å². The molecule has 9 heteroatoms. The summed E-state index contributed by atoms with van der Waals surface area (Å²) in [6, 6.07) is -0.421. The number of aromatic nitrogens is 4. The van der Waals surface area contributed by atoms with Crippen LogP contribution in [0.1, 0.15) is 45.5 Å². The Bertz CT molecular complexity index is 439. The number of amides is 1. The average molecular weight is 269 g/mol. The quantitative estimate of drug-likeness (QED) is 0.246. The van der Waals surface area contributed by atoms with Gasteiger partial charge < -0.3 is 16.3 Å². The average Bonchev–Trinajstić information content (AvgIpc) is 2.94. The van der Waals surface area contributed by atoms with Gasteiger partial charge >= 0.3 is 0 Å². The molecular weight excluding hydrogens is 250 g/mol. The minimum Gasteiger partial charge on any atom is -0.409 e. The Morgan fingerprint density at radius 2 is 2.21 bits per heavy atom. The molecule has 5 N–H and O–H groups in total. The third-order valence-electron chi connectivity index (χ3n) is 3.34. The molecule has 0 saturated carbocycles. The van der Waals surface area contributed by atoms with E-state index in [-0.39, 0.29) is 11.7 Å². The van der Waals surface area contributed by atoms with Gasteiger partial charge in [-0.15, -0.1) is 10.2 Å². The molecule has 1 atom stereocenters. The Morgan fingerprint density at radius 3 is 2.63 bits per heavy atom. The van der Waals surface area contributed by atoms with Crippen LogP contribution in [0.25, 0.3) is 0 Å². The van der Waals surface area contributed by atoms with E-state index in [0.717, 1.165) is 0 Å². The van der Waals surface area contributed by atoms with E-state index < -0.39 is 11.5 Å². The summed E-state index contributed by atoms with van der Waals surface area (Å²) >= 11 is 0. The van der Waals surface area contributed by atoms with E-state index >= 15 is 0 Å². The van der Waals surface area contributed by atoms with Crippen molar-refractivity contribution in [3.63, 3.8) is 0 Å². The molecule has 0 aliphatic carbocycles. The predicted molar refractivity (Wildman–Crippen MR) is 67.2 cm³/mol. The monoisotopic (exact) mass is 269 g/mol. The lowest BCUT2D eigenvalue weighted by atomic mass is 9.80. The molecule has 1 aromatic heterocycles. The van der Waals surface area contributed by atoms with Gasteiger partial charge in [-0.1, -0.05) is 24.2 Å². The van der Waals surface area contributed by atoms with E-state index in [0.29, 0.717) is 18.7 Å². The maximum Gasteiger partial charge on any atom is 0.234 e. The van der Waals surface area contributed by atoms with E-state index in [1.807, 2.05) is 0 Å². The summed E-state index contributed by atoms with van der Waals surface area (Å²) in [6.45, 7) is 5.34. The highest BCUT2D eigenvalue weighted by molar-refractivity contribution is 6.06. The molecular formula is C10H19N7O2. The first kappa shape index (κ1) is 14.9. The van der Waals surface area contributed by atoms with Gasteiger partial charge in [-0.25, -0.2) is 0 Å². The lowest BCUT2D eigenvalue weighted by molar-refractivity contribution is -0.128. The number of tetrazole rings is 1. The van der Waals surface area contributed by atoms with Gasteiger partial charge in [0.1, 0.15) is 5.41 Å². The predicted octanol–water partition coefficient (Wildman–Crippen LogP) is -0.0703. The molecule has 1 aromatic rings. The van der Waals surface area contributed by atoms with Gasteiger partial charge in [0.15, 0.2) is 11.7 Å². The first-order valence-corrected chi connectivity index (χ1v) is 6.04. The molecule has 0 fully saturated rings. The molecule has 1 unspecified atom stereocenters. The maximum absolute atomic E-state index is 12.4. The fourth-order valence-corrected chi connectivity index (χ4v) is 1.90. The zero-order valence-corrected chi connectivity index (χ0v) is 11.2. The smallest absolute Gasteiger partial charge is 0.234 e. The molecule has 1 amide bonds.